The van der Waals surface area contributed by atoms with Gasteiger partial charge < -0.3 is 10.1 Å². The number of rotatable bonds is 10. The first-order valence-electron chi connectivity index (χ1n) is 13.0. The SMILES string of the molecule is O=C(NCCOc1ccc(S(=O)(=O)N2CCCCC2)cc1)[C@H]1CCCN(S(=O)(=O)Cc2c(Cl)cccc2Cl)C1. The molecular formula is C26H33Cl2N3O6S2. The van der Waals surface area contributed by atoms with Gasteiger partial charge in [-0.2, -0.15) is 4.31 Å². The molecule has 2 aromatic rings. The molecule has 0 aliphatic carbocycles. The van der Waals surface area contributed by atoms with Crippen LogP contribution < -0.4 is 10.1 Å². The van der Waals surface area contributed by atoms with Gasteiger partial charge in [0, 0.05) is 41.8 Å². The van der Waals surface area contributed by atoms with Crippen molar-refractivity contribution in [2.75, 3.05) is 39.3 Å². The number of hydrogen-bond acceptors (Lipinski definition) is 6. The molecule has 214 valence electrons. The molecule has 39 heavy (non-hydrogen) atoms. The highest BCUT2D eigenvalue weighted by Gasteiger charge is 2.33. The first-order valence-corrected chi connectivity index (χ1v) is 16.8. The number of hydrogen-bond donors (Lipinski definition) is 1. The van der Waals surface area contributed by atoms with Gasteiger partial charge in [-0.25, -0.2) is 21.1 Å². The summed E-state index contributed by atoms with van der Waals surface area (Å²) in [6.45, 7) is 1.92. The van der Waals surface area contributed by atoms with Crippen LogP contribution in [0.3, 0.4) is 0 Å². The minimum atomic E-state index is -3.72. The zero-order chi connectivity index (χ0) is 28.0. The van der Waals surface area contributed by atoms with Crippen molar-refractivity contribution in [1.29, 1.82) is 0 Å². The summed E-state index contributed by atoms with van der Waals surface area (Å²) in [5.74, 6) is -0.548. The molecule has 4 rings (SSSR count). The summed E-state index contributed by atoms with van der Waals surface area (Å²) in [5.41, 5.74) is 0.349. The van der Waals surface area contributed by atoms with Crippen LogP contribution in [0.15, 0.2) is 47.4 Å². The van der Waals surface area contributed by atoms with Crippen molar-refractivity contribution in [3.63, 3.8) is 0 Å². The molecule has 2 aliphatic heterocycles. The van der Waals surface area contributed by atoms with E-state index in [1.165, 1.54) is 20.7 Å². The smallest absolute Gasteiger partial charge is 0.243 e. The second kappa shape index (κ2) is 13.2. The predicted molar refractivity (Wildman–Crippen MR) is 151 cm³/mol. The Kier molecular flexibility index (Phi) is 10.2. The molecule has 13 heteroatoms. The van der Waals surface area contributed by atoms with E-state index < -0.39 is 26.0 Å². The van der Waals surface area contributed by atoms with E-state index in [1.807, 2.05) is 0 Å². The van der Waals surface area contributed by atoms with Gasteiger partial charge >= 0.3 is 0 Å². The van der Waals surface area contributed by atoms with Gasteiger partial charge in [0.1, 0.15) is 12.4 Å². The molecule has 0 saturated carbocycles. The Morgan fingerprint density at radius 2 is 1.54 bits per heavy atom. The number of benzene rings is 2. The van der Waals surface area contributed by atoms with Gasteiger partial charge in [0.15, 0.2) is 0 Å². The van der Waals surface area contributed by atoms with Crippen molar-refractivity contribution in [3.8, 4) is 5.75 Å². The molecule has 9 nitrogen and oxygen atoms in total. The van der Waals surface area contributed by atoms with Crippen LogP contribution in [0.5, 0.6) is 5.75 Å². The standard InChI is InChI=1S/C26H33Cl2N3O6S2/c27-24-7-4-8-25(28)23(24)19-38(33,34)31-16-5-6-20(18-31)26(32)29-13-17-37-21-9-11-22(12-10-21)39(35,36)30-14-2-1-3-15-30/h4,7-12,20H,1-3,5-6,13-19H2,(H,29,32)/t20-/m0/s1. The molecule has 0 aromatic heterocycles. The highest BCUT2D eigenvalue weighted by molar-refractivity contribution is 7.89. The van der Waals surface area contributed by atoms with Crippen LogP contribution in [-0.2, 0) is 30.6 Å². The number of ether oxygens (including phenoxy) is 1. The maximum absolute atomic E-state index is 13.0. The van der Waals surface area contributed by atoms with E-state index in [9.17, 15) is 21.6 Å². The summed E-state index contributed by atoms with van der Waals surface area (Å²) >= 11 is 12.3. The molecule has 0 spiro atoms. The Balaban J connectivity index is 1.24. The van der Waals surface area contributed by atoms with Crippen LogP contribution in [0.25, 0.3) is 0 Å². The van der Waals surface area contributed by atoms with E-state index in [1.54, 1.807) is 30.3 Å². The molecule has 2 heterocycles. The lowest BCUT2D eigenvalue weighted by Crippen LogP contribution is -2.46. The first-order chi connectivity index (χ1) is 18.6. The van der Waals surface area contributed by atoms with Crippen molar-refractivity contribution in [3.05, 3.63) is 58.1 Å². The Hall–Kier alpha value is -1.89. The van der Waals surface area contributed by atoms with E-state index in [-0.39, 0.29) is 46.3 Å². The third-order valence-corrected chi connectivity index (χ3v) is 11.4. The number of nitrogens with zero attached hydrogens (tertiary/aromatic N) is 2. The van der Waals surface area contributed by atoms with Gasteiger partial charge in [0.05, 0.1) is 23.1 Å². The summed E-state index contributed by atoms with van der Waals surface area (Å²) in [4.78, 5) is 13.0. The quantitative estimate of drug-likeness (QED) is 0.405. The monoisotopic (exact) mass is 617 g/mol. The van der Waals surface area contributed by atoms with Crippen LogP contribution in [0.4, 0.5) is 0 Å². The Morgan fingerprint density at radius 1 is 0.897 bits per heavy atom. The Morgan fingerprint density at radius 3 is 2.21 bits per heavy atom. The van der Waals surface area contributed by atoms with Crippen LogP contribution in [0, 0.1) is 5.92 Å². The molecule has 0 bridgehead atoms. The second-order valence-corrected chi connectivity index (χ2v) is 14.5. The van der Waals surface area contributed by atoms with Gasteiger partial charge in [0.2, 0.25) is 26.0 Å². The normalized spacial score (nSPS) is 19.5. The lowest BCUT2D eigenvalue weighted by molar-refractivity contribution is -0.126. The predicted octanol–water partition coefficient (Wildman–Crippen LogP) is 3.91. The van der Waals surface area contributed by atoms with Gasteiger partial charge in [-0.1, -0.05) is 35.7 Å². The highest BCUT2D eigenvalue weighted by atomic mass is 35.5. The molecule has 2 aliphatic rings. The number of sulfonamides is 2. The minimum absolute atomic E-state index is 0.0874. The highest BCUT2D eigenvalue weighted by Crippen LogP contribution is 2.29. The summed E-state index contributed by atoms with van der Waals surface area (Å²) in [6, 6.07) is 11.1. The lowest BCUT2D eigenvalue weighted by atomic mass is 9.99. The zero-order valence-electron chi connectivity index (χ0n) is 21.5. The van der Waals surface area contributed by atoms with Crippen molar-refractivity contribution in [2.45, 2.75) is 42.8 Å². The van der Waals surface area contributed by atoms with Gasteiger partial charge in [-0.15, -0.1) is 0 Å². The van der Waals surface area contributed by atoms with Crippen LogP contribution in [0.2, 0.25) is 10.0 Å². The van der Waals surface area contributed by atoms with Crippen molar-refractivity contribution < 1.29 is 26.4 Å². The van der Waals surface area contributed by atoms with E-state index >= 15 is 0 Å². The second-order valence-electron chi connectivity index (χ2n) is 9.73. The summed E-state index contributed by atoms with van der Waals surface area (Å²) in [5, 5.41) is 3.39. The number of carbonyl (C=O) groups excluding carboxylic acids is 1. The molecule has 2 aromatic carbocycles. The fourth-order valence-electron chi connectivity index (χ4n) is 4.80. The molecule has 2 fully saturated rings. The number of carbonyl (C=O) groups is 1. The average molecular weight is 619 g/mol. The molecule has 1 amide bonds. The van der Waals surface area contributed by atoms with Crippen molar-refractivity contribution in [2.24, 2.45) is 5.92 Å². The van der Waals surface area contributed by atoms with Gasteiger partial charge in [-0.3, -0.25) is 4.79 Å². The summed E-state index contributed by atoms with van der Waals surface area (Å²) in [6.07, 6.45) is 3.94. The van der Waals surface area contributed by atoms with Crippen LogP contribution in [0.1, 0.15) is 37.7 Å². The Bertz CT molecular complexity index is 1340. The number of nitrogens with one attached hydrogen (secondary N) is 1. The van der Waals surface area contributed by atoms with E-state index in [2.05, 4.69) is 5.32 Å². The Labute approximate surface area is 240 Å². The van der Waals surface area contributed by atoms with Crippen LogP contribution >= 0.6 is 23.2 Å². The average Bonchev–Trinajstić information content (AvgIpc) is 2.94. The first kappa shape index (κ1) is 30.1. The van der Waals surface area contributed by atoms with E-state index in [0.29, 0.717) is 43.8 Å². The molecule has 0 radical (unpaired) electrons. The third kappa shape index (κ3) is 7.65. The topological polar surface area (TPSA) is 113 Å². The molecule has 1 atom stereocenters. The molecule has 0 unspecified atom stereocenters. The van der Waals surface area contributed by atoms with Crippen LogP contribution in [-0.4, -0.2) is 70.7 Å². The van der Waals surface area contributed by atoms with Crippen molar-refractivity contribution >= 4 is 49.2 Å². The lowest BCUT2D eigenvalue weighted by Gasteiger charge is -2.31. The van der Waals surface area contributed by atoms with E-state index in [0.717, 1.165) is 19.3 Å². The maximum Gasteiger partial charge on any atom is 0.243 e. The molecule has 1 N–H and O–H groups in total. The number of amides is 1. The zero-order valence-corrected chi connectivity index (χ0v) is 24.7. The number of piperidine rings is 2. The maximum atomic E-state index is 13.0. The van der Waals surface area contributed by atoms with Gasteiger partial charge in [-0.05, 0) is 62.1 Å². The van der Waals surface area contributed by atoms with E-state index in [4.69, 9.17) is 27.9 Å². The minimum Gasteiger partial charge on any atom is -0.492 e. The van der Waals surface area contributed by atoms with Crippen molar-refractivity contribution in [1.82, 2.24) is 13.9 Å². The largest absolute Gasteiger partial charge is 0.492 e. The summed E-state index contributed by atoms with van der Waals surface area (Å²) in [7, 11) is -7.22. The molecule has 2 saturated heterocycles. The third-order valence-electron chi connectivity index (χ3n) is 6.98. The van der Waals surface area contributed by atoms with Gasteiger partial charge in [0.25, 0.3) is 0 Å². The fourth-order valence-corrected chi connectivity index (χ4v) is 8.68. The molecular weight excluding hydrogens is 585 g/mol. The number of halogens is 2. The fraction of sp³-hybridized carbons (Fsp3) is 0.500. The summed E-state index contributed by atoms with van der Waals surface area (Å²) < 4.78 is 60.1.